The molecule has 7 nitrogen and oxygen atoms in total. The Labute approximate surface area is 91.1 Å². The summed E-state index contributed by atoms with van der Waals surface area (Å²) in [5, 5.41) is 18.0. The normalized spacial score (nSPS) is 28.8. The van der Waals surface area contributed by atoms with Gasteiger partial charge in [0.25, 0.3) is 0 Å². The average Bonchev–Trinajstić information content (AvgIpc) is 2.21. The van der Waals surface area contributed by atoms with E-state index in [1.54, 1.807) is 0 Å². The first kappa shape index (κ1) is 11.1. The number of nitrogens with two attached hydrogens (primary N) is 1. The lowest BCUT2D eigenvalue weighted by Gasteiger charge is -2.43. The third kappa shape index (κ3) is 1.69. The second kappa shape index (κ2) is 4.20. The molecule has 2 heterocycles. The highest BCUT2D eigenvalue weighted by Gasteiger charge is 2.43. The predicted molar refractivity (Wildman–Crippen MR) is 54.5 cm³/mol. The van der Waals surface area contributed by atoms with Crippen LogP contribution in [-0.2, 0) is 4.74 Å². The molecule has 1 fully saturated rings. The van der Waals surface area contributed by atoms with Gasteiger partial charge in [-0.25, -0.2) is 4.79 Å². The molecule has 1 saturated heterocycles. The number of anilines is 1. The standard InChI is InChI=1S/C9H13N3O4/c10-7-1-2-12(9(15)11-7)8-5(3-13)6(4-14)16-8/h1-2,5-6,8,13-14H,3-4H2,(H2,10,11,15)/t5-,6-,8-/m1/s1. The lowest BCUT2D eigenvalue weighted by molar-refractivity contribution is -0.246. The summed E-state index contributed by atoms with van der Waals surface area (Å²) in [7, 11) is 0. The third-order valence-corrected chi connectivity index (χ3v) is 2.67. The zero-order chi connectivity index (χ0) is 11.7. The van der Waals surface area contributed by atoms with Crippen molar-refractivity contribution in [2.45, 2.75) is 12.3 Å². The SMILES string of the molecule is Nc1ccn([C@@H]2O[C@H](CO)[C@H]2CO)c(=O)n1. The van der Waals surface area contributed by atoms with Gasteiger partial charge in [0.15, 0.2) is 0 Å². The molecule has 4 N–H and O–H groups in total. The van der Waals surface area contributed by atoms with Crippen LogP contribution in [0.1, 0.15) is 6.23 Å². The Bertz CT molecular complexity index is 433. The van der Waals surface area contributed by atoms with Crippen molar-refractivity contribution < 1.29 is 14.9 Å². The minimum absolute atomic E-state index is 0.139. The third-order valence-electron chi connectivity index (χ3n) is 2.67. The quantitative estimate of drug-likeness (QED) is 0.569. The second-order valence-corrected chi connectivity index (χ2v) is 3.64. The monoisotopic (exact) mass is 227 g/mol. The van der Waals surface area contributed by atoms with Crippen LogP contribution in [0.5, 0.6) is 0 Å². The van der Waals surface area contributed by atoms with Crippen LogP contribution in [0.2, 0.25) is 0 Å². The van der Waals surface area contributed by atoms with E-state index < -0.39 is 18.0 Å². The smallest absolute Gasteiger partial charge is 0.351 e. The van der Waals surface area contributed by atoms with Crippen molar-refractivity contribution in [3.63, 3.8) is 0 Å². The molecular formula is C9H13N3O4. The molecule has 7 heteroatoms. The number of ether oxygens (including phenoxy) is 1. The van der Waals surface area contributed by atoms with Crippen molar-refractivity contribution >= 4 is 5.82 Å². The van der Waals surface area contributed by atoms with Gasteiger partial charge in [-0.3, -0.25) is 4.57 Å². The number of aliphatic hydroxyl groups excluding tert-OH is 2. The van der Waals surface area contributed by atoms with E-state index in [9.17, 15) is 4.79 Å². The molecule has 88 valence electrons. The first-order chi connectivity index (χ1) is 7.67. The van der Waals surface area contributed by atoms with E-state index in [4.69, 9.17) is 20.7 Å². The number of hydrogen-bond donors (Lipinski definition) is 3. The molecule has 0 spiro atoms. The van der Waals surface area contributed by atoms with Crippen molar-refractivity contribution in [2.24, 2.45) is 5.92 Å². The lowest BCUT2D eigenvalue weighted by Crippen LogP contribution is -2.52. The zero-order valence-electron chi connectivity index (χ0n) is 8.48. The molecule has 1 aliphatic heterocycles. The fourth-order valence-corrected chi connectivity index (χ4v) is 1.75. The molecule has 3 atom stereocenters. The largest absolute Gasteiger partial charge is 0.396 e. The van der Waals surface area contributed by atoms with E-state index in [1.165, 1.54) is 16.8 Å². The molecule has 0 aliphatic carbocycles. The van der Waals surface area contributed by atoms with Crippen molar-refractivity contribution in [3.05, 3.63) is 22.7 Å². The van der Waals surface area contributed by atoms with Crippen molar-refractivity contribution in [1.82, 2.24) is 9.55 Å². The maximum Gasteiger partial charge on any atom is 0.351 e. The van der Waals surface area contributed by atoms with Crippen LogP contribution in [0.25, 0.3) is 0 Å². The molecule has 0 amide bonds. The predicted octanol–water partition coefficient (Wildman–Crippen LogP) is -1.68. The summed E-state index contributed by atoms with van der Waals surface area (Å²) in [4.78, 5) is 15.0. The van der Waals surface area contributed by atoms with Gasteiger partial charge < -0.3 is 20.7 Å². The highest BCUT2D eigenvalue weighted by molar-refractivity contribution is 5.23. The van der Waals surface area contributed by atoms with Gasteiger partial charge in [0.05, 0.1) is 25.2 Å². The van der Waals surface area contributed by atoms with Crippen molar-refractivity contribution in [2.75, 3.05) is 18.9 Å². The maximum atomic E-state index is 11.5. The number of aromatic nitrogens is 2. The Hall–Kier alpha value is -1.44. The van der Waals surface area contributed by atoms with Gasteiger partial charge in [-0.05, 0) is 6.07 Å². The van der Waals surface area contributed by atoms with E-state index in [0.717, 1.165) is 0 Å². The van der Waals surface area contributed by atoms with Gasteiger partial charge in [-0.15, -0.1) is 0 Å². The second-order valence-electron chi connectivity index (χ2n) is 3.64. The number of aliphatic hydroxyl groups is 2. The molecule has 0 aromatic carbocycles. The van der Waals surface area contributed by atoms with Crippen molar-refractivity contribution in [1.29, 1.82) is 0 Å². The fraction of sp³-hybridized carbons (Fsp3) is 0.556. The number of nitrogen functional groups attached to an aromatic ring is 1. The average molecular weight is 227 g/mol. The molecule has 1 aliphatic rings. The molecule has 1 aromatic rings. The first-order valence-electron chi connectivity index (χ1n) is 4.89. The molecule has 0 bridgehead atoms. The Balaban J connectivity index is 2.23. The summed E-state index contributed by atoms with van der Waals surface area (Å²) in [6.45, 7) is -0.342. The van der Waals surface area contributed by atoms with Crippen LogP contribution < -0.4 is 11.4 Å². The van der Waals surface area contributed by atoms with Crippen LogP contribution in [0, 0.1) is 5.92 Å². The Kier molecular flexibility index (Phi) is 2.90. The molecule has 0 saturated carbocycles. The van der Waals surface area contributed by atoms with E-state index in [2.05, 4.69) is 4.98 Å². The van der Waals surface area contributed by atoms with Crippen LogP contribution in [0.15, 0.2) is 17.1 Å². The summed E-state index contributed by atoms with van der Waals surface area (Å²) < 4.78 is 6.52. The van der Waals surface area contributed by atoms with E-state index in [-0.39, 0.29) is 24.9 Å². The van der Waals surface area contributed by atoms with Gasteiger partial charge in [0.1, 0.15) is 12.0 Å². The Morgan fingerprint density at radius 3 is 2.81 bits per heavy atom. The number of nitrogens with zero attached hydrogens (tertiary/aromatic N) is 2. The maximum absolute atomic E-state index is 11.5. The van der Waals surface area contributed by atoms with E-state index in [0.29, 0.717) is 0 Å². The summed E-state index contributed by atoms with van der Waals surface area (Å²) in [5.41, 5.74) is 4.83. The molecule has 16 heavy (non-hydrogen) atoms. The molecule has 2 rings (SSSR count). The molecular weight excluding hydrogens is 214 g/mol. The summed E-state index contributed by atoms with van der Waals surface area (Å²) in [6, 6.07) is 1.48. The number of rotatable bonds is 3. The highest BCUT2D eigenvalue weighted by Crippen LogP contribution is 2.35. The topological polar surface area (TPSA) is 111 Å². The minimum Gasteiger partial charge on any atom is -0.396 e. The van der Waals surface area contributed by atoms with Gasteiger partial charge in [0, 0.05) is 6.20 Å². The van der Waals surface area contributed by atoms with Crippen LogP contribution in [-0.4, -0.2) is 39.1 Å². The summed E-state index contributed by atoms with van der Waals surface area (Å²) in [6.07, 6.45) is 0.452. The molecule has 0 radical (unpaired) electrons. The fourth-order valence-electron chi connectivity index (χ4n) is 1.75. The highest BCUT2D eigenvalue weighted by atomic mass is 16.6. The summed E-state index contributed by atoms with van der Waals surface area (Å²) >= 11 is 0. The van der Waals surface area contributed by atoms with Gasteiger partial charge in [-0.2, -0.15) is 4.98 Å². The van der Waals surface area contributed by atoms with Crippen LogP contribution >= 0.6 is 0 Å². The Morgan fingerprint density at radius 2 is 2.25 bits per heavy atom. The number of hydrogen-bond acceptors (Lipinski definition) is 6. The summed E-state index contributed by atoms with van der Waals surface area (Å²) in [5.74, 6) is -0.159. The Morgan fingerprint density at radius 1 is 1.50 bits per heavy atom. The minimum atomic E-state index is -0.581. The molecule has 1 aromatic heterocycles. The molecule has 0 unspecified atom stereocenters. The van der Waals surface area contributed by atoms with E-state index in [1.807, 2.05) is 0 Å². The van der Waals surface area contributed by atoms with E-state index >= 15 is 0 Å². The van der Waals surface area contributed by atoms with Crippen LogP contribution in [0.4, 0.5) is 5.82 Å². The van der Waals surface area contributed by atoms with Crippen LogP contribution in [0.3, 0.4) is 0 Å². The van der Waals surface area contributed by atoms with Crippen molar-refractivity contribution in [3.8, 4) is 0 Å². The van der Waals surface area contributed by atoms with Gasteiger partial charge in [-0.1, -0.05) is 0 Å². The first-order valence-corrected chi connectivity index (χ1v) is 4.89. The van der Waals surface area contributed by atoms with Gasteiger partial charge in [0.2, 0.25) is 0 Å². The lowest BCUT2D eigenvalue weighted by atomic mass is 9.95. The zero-order valence-corrected chi connectivity index (χ0v) is 8.48. The van der Waals surface area contributed by atoms with Gasteiger partial charge >= 0.3 is 5.69 Å².